The molecule has 0 aromatic heterocycles. The number of barbiturate groups is 1. The normalized spacial score (nSPS) is 15.8. The fraction of sp³-hybridized carbons (Fsp3) is 0.250. The van der Waals surface area contributed by atoms with E-state index in [1.807, 2.05) is 0 Å². The summed E-state index contributed by atoms with van der Waals surface area (Å²) in [7, 11) is 0. The first-order valence-electron chi connectivity index (χ1n) is 8.63. The van der Waals surface area contributed by atoms with E-state index in [1.54, 1.807) is 0 Å². The number of alkyl halides is 4. The summed E-state index contributed by atoms with van der Waals surface area (Å²) in [6.07, 6.45) is -0.943. The minimum atomic E-state index is -3.61. The van der Waals surface area contributed by atoms with Crippen LogP contribution in [0.2, 0.25) is 0 Å². The van der Waals surface area contributed by atoms with Gasteiger partial charge in [0, 0.05) is 11.1 Å². The van der Waals surface area contributed by atoms with E-state index in [1.165, 1.54) is 36.4 Å². The van der Waals surface area contributed by atoms with Gasteiger partial charge in [0.05, 0.1) is 13.1 Å². The van der Waals surface area contributed by atoms with Gasteiger partial charge < -0.3 is 0 Å². The Morgan fingerprint density at radius 1 is 0.655 bits per heavy atom. The predicted molar refractivity (Wildman–Crippen MR) is 94.1 cm³/mol. The summed E-state index contributed by atoms with van der Waals surface area (Å²) < 4.78 is 58.1. The van der Waals surface area contributed by atoms with Crippen LogP contribution < -0.4 is 0 Å². The van der Waals surface area contributed by atoms with E-state index in [0.717, 1.165) is 24.3 Å². The van der Waals surface area contributed by atoms with Gasteiger partial charge in [-0.2, -0.15) is 17.6 Å². The molecule has 5 nitrogen and oxygen atoms in total. The van der Waals surface area contributed by atoms with E-state index in [-0.39, 0.29) is 9.80 Å². The van der Waals surface area contributed by atoms with Crippen molar-refractivity contribution in [1.29, 1.82) is 0 Å². The molecular formula is C20H16F4N2O3. The largest absolute Gasteiger partial charge is 0.333 e. The van der Waals surface area contributed by atoms with Gasteiger partial charge in [-0.1, -0.05) is 60.7 Å². The molecule has 1 aliphatic heterocycles. The summed E-state index contributed by atoms with van der Waals surface area (Å²) in [6.45, 7) is -2.70. The van der Waals surface area contributed by atoms with Gasteiger partial charge in [0.2, 0.25) is 11.8 Å². The molecule has 0 atom stereocenters. The topological polar surface area (TPSA) is 57.7 Å². The lowest BCUT2D eigenvalue weighted by molar-refractivity contribution is -0.149. The second kappa shape index (κ2) is 7.65. The molecule has 0 aliphatic carbocycles. The summed E-state index contributed by atoms with van der Waals surface area (Å²) in [6, 6.07) is 11.5. The fourth-order valence-electron chi connectivity index (χ4n) is 2.93. The zero-order chi connectivity index (χ0) is 21.2. The highest BCUT2D eigenvalue weighted by atomic mass is 19.3. The molecule has 1 saturated heterocycles. The van der Waals surface area contributed by atoms with E-state index in [4.69, 9.17) is 0 Å². The van der Waals surface area contributed by atoms with Crippen molar-refractivity contribution in [2.45, 2.75) is 18.3 Å². The second-order valence-corrected chi connectivity index (χ2v) is 6.56. The highest BCUT2D eigenvalue weighted by molar-refractivity contribution is 6.14. The number of imide groups is 2. The maximum absolute atomic E-state index is 14.5. The van der Waals surface area contributed by atoms with Crippen LogP contribution >= 0.6 is 0 Å². The Balaban J connectivity index is 1.83. The molecule has 0 radical (unpaired) electrons. The first-order chi connectivity index (χ1) is 13.6. The Hall–Kier alpha value is -3.23. The summed E-state index contributed by atoms with van der Waals surface area (Å²) in [5.74, 6) is -9.54. The summed E-state index contributed by atoms with van der Waals surface area (Å²) >= 11 is 0. The SMILES string of the molecule is O=C1CC(=O)N(CC(F)(F)c2ccccc2)C(=O)N1CC(F)(F)c1ccccc1. The Morgan fingerprint density at radius 3 is 1.34 bits per heavy atom. The second-order valence-electron chi connectivity index (χ2n) is 6.56. The number of nitrogens with zero attached hydrogens (tertiary/aromatic N) is 2. The monoisotopic (exact) mass is 408 g/mol. The van der Waals surface area contributed by atoms with Crippen molar-refractivity contribution < 1.29 is 31.9 Å². The van der Waals surface area contributed by atoms with E-state index in [0.29, 0.717) is 0 Å². The Bertz CT molecular complexity index is 846. The maximum Gasteiger partial charge on any atom is 0.333 e. The van der Waals surface area contributed by atoms with Crippen LogP contribution in [0.25, 0.3) is 0 Å². The van der Waals surface area contributed by atoms with E-state index in [9.17, 15) is 31.9 Å². The number of rotatable bonds is 6. The molecule has 1 heterocycles. The van der Waals surface area contributed by atoms with Gasteiger partial charge in [-0.15, -0.1) is 0 Å². The minimum absolute atomic E-state index is 0.148. The van der Waals surface area contributed by atoms with Crippen molar-refractivity contribution in [3.8, 4) is 0 Å². The average molecular weight is 408 g/mol. The Morgan fingerprint density at radius 2 is 1.00 bits per heavy atom. The molecule has 3 rings (SSSR count). The third-order valence-corrected chi connectivity index (χ3v) is 4.47. The van der Waals surface area contributed by atoms with Crippen molar-refractivity contribution in [2.75, 3.05) is 13.1 Å². The van der Waals surface area contributed by atoms with Crippen LogP contribution in [-0.4, -0.2) is 40.7 Å². The number of hydrogen-bond acceptors (Lipinski definition) is 3. The lowest BCUT2D eigenvalue weighted by Gasteiger charge is -2.36. The number of halogens is 4. The smallest absolute Gasteiger partial charge is 0.274 e. The molecule has 9 heteroatoms. The van der Waals surface area contributed by atoms with Crippen molar-refractivity contribution in [2.24, 2.45) is 0 Å². The number of carbonyl (C=O) groups excluding carboxylic acids is 3. The predicted octanol–water partition coefficient (Wildman–Crippen LogP) is 3.75. The molecule has 0 saturated carbocycles. The molecule has 1 aliphatic rings. The molecule has 0 unspecified atom stereocenters. The lowest BCUT2D eigenvalue weighted by atomic mass is 10.1. The van der Waals surface area contributed by atoms with Crippen LogP contribution in [0, 0.1) is 0 Å². The highest BCUT2D eigenvalue weighted by Gasteiger charge is 2.47. The molecule has 4 amide bonds. The molecule has 1 fully saturated rings. The Kier molecular flexibility index (Phi) is 5.41. The van der Waals surface area contributed by atoms with Gasteiger partial charge >= 0.3 is 6.03 Å². The van der Waals surface area contributed by atoms with Crippen molar-refractivity contribution >= 4 is 17.8 Å². The summed E-state index contributed by atoms with van der Waals surface area (Å²) in [4.78, 5) is 36.9. The maximum atomic E-state index is 14.5. The summed E-state index contributed by atoms with van der Waals surface area (Å²) in [5.41, 5.74) is -0.891. The fourth-order valence-corrected chi connectivity index (χ4v) is 2.93. The van der Waals surface area contributed by atoms with Crippen LogP contribution in [0.4, 0.5) is 22.4 Å². The van der Waals surface area contributed by atoms with Gasteiger partial charge in [-0.25, -0.2) is 4.79 Å². The van der Waals surface area contributed by atoms with Crippen molar-refractivity contribution in [3.63, 3.8) is 0 Å². The molecule has 0 spiro atoms. The highest BCUT2D eigenvalue weighted by Crippen LogP contribution is 2.33. The lowest BCUT2D eigenvalue weighted by Crippen LogP contribution is -2.59. The number of hydrogen-bond donors (Lipinski definition) is 0. The zero-order valence-corrected chi connectivity index (χ0v) is 15.0. The number of urea groups is 1. The van der Waals surface area contributed by atoms with Crippen LogP contribution in [-0.2, 0) is 21.4 Å². The Labute approximate surface area is 163 Å². The van der Waals surface area contributed by atoms with E-state index >= 15 is 0 Å². The van der Waals surface area contributed by atoms with Crippen LogP contribution in [0.5, 0.6) is 0 Å². The molecule has 29 heavy (non-hydrogen) atoms. The van der Waals surface area contributed by atoms with Gasteiger partial charge in [-0.05, 0) is 0 Å². The van der Waals surface area contributed by atoms with Crippen LogP contribution in [0.15, 0.2) is 60.7 Å². The zero-order valence-electron chi connectivity index (χ0n) is 15.0. The molecular weight excluding hydrogens is 392 g/mol. The van der Waals surface area contributed by atoms with Gasteiger partial charge in [-0.3, -0.25) is 19.4 Å². The van der Waals surface area contributed by atoms with Crippen molar-refractivity contribution in [1.82, 2.24) is 9.80 Å². The number of amides is 4. The van der Waals surface area contributed by atoms with Gasteiger partial charge in [0.15, 0.2) is 0 Å². The first-order valence-corrected chi connectivity index (χ1v) is 8.63. The van der Waals surface area contributed by atoms with Gasteiger partial charge in [0.1, 0.15) is 6.42 Å². The third-order valence-electron chi connectivity index (χ3n) is 4.47. The molecule has 2 aromatic carbocycles. The van der Waals surface area contributed by atoms with Gasteiger partial charge in [0.25, 0.3) is 11.8 Å². The molecule has 0 bridgehead atoms. The standard InChI is InChI=1S/C20H16F4N2O3/c21-19(22,14-7-3-1-4-8-14)12-25-16(27)11-17(28)26(18(25)29)13-20(23,24)15-9-5-2-6-10-15/h1-10H,11-13H2. The van der Waals surface area contributed by atoms with Crippen LogP contribution in [0.1, 0.15) is 17.5 Å². The van der Waals surface area contributed by atoms with E-state index in [2.05, 4.69) is 0 Å². The molecule has 152 valence electrons. The third kappa shape index (κ3) is 4.28. The van der Waals surface area contributed by atoms with Crippen LogP contribution in [0.3, 0.4) is 0 Å². The minimum Gasteiger partial charge on any atom is -0.274 e. The number of carbonyl (C=O) groups is 3. The molecule has 2 aromatic rings. The summed E-state index contributed by atoms with van der Waals surface area (Å²) in [5, 5.41) is 0. The first kappa shape index (κ1) is 20.5. The average Bonchev–Trinajstić information content (AvgIpc) is 2.70. The quantitative estimate of drug-likeness (QED) is 0.540. The molecule has 0 N–H and O–H groups in total. The van der Waals surface area contributed by atoms with E-state index < -0.39 is 60.3 Å². The number of benzene rings is 2. The van der Waals surface area contributed by atoms with Crippen molar-refractivity contribution in [3.05, 3.63) is 71.8 Å².